The van der Waals surface area contributed by atoms with Crippen LogP contribution in [0.5, 0.6) is 11.5 Å². The van der Waals surface area contributed by atoms with E-state index in [0.29, 0.717) is 30.4 Å². The lowest BCUT2D eigenvalue weighted by Gasteiger charge is -2.18. The van der Waals surface area contributed by atoms with Crippen LogP contribution in [0.1, 0.15) is 12.5 Å². The molecule has 10 nitrogen and oxygen atoms in total. The highest BCUT2D eigenvalue weighted by Crippen LogP contribution is 2.31. The molecule has 0 atom stereocenters. The summed E-state index contributed by atoms with van der Waals surface area (Å²) in [7, 11) is -4.05. The van der Waals surface area contributed by atoms with Crippen LogP contribution in [0.2, 0.25) is 0 Å². The number of hydrazone groups is 1. The first-order valence-electron chi connectivity index (χ1n) is 7.77. The Morgan fingerprint density at radius 1 is 1.19 bits per heavy atom. The molecule has 142 valence electrons. The Labute approximate surface area is 154 Å². The molecular weight excluding hydrogens is 376 g/mol. The zero-order valence-electron chi connectivity index (χ0n) is 14.2. The van der Waals surface area contributed by atoms with Crippen molar-refractivity contribution in [2.75, 3.05) is 18.6 Å². The van der Waals surface area contributed by atoms with Crippen LogP contribution in [-0.2, 0) is 10.0 Å². The smallest absolute Gasteiger partial charge is 0.295 e. The first kappa shape index (κ1) is 18.6. The van der Waals surface area contributed by atoms with Gasteiger partial charge in [0, 0.05) is 11.6 Å². The van der Waals surface area contributed by atoms with E-state index in [9.17, 15) is 18.5 Å². The highest BCUT2D eigenvalue weighted by molar-refractivity contribution is 7.89. The van der Waals surface area contributed by atoms with Crippen LogP contribution >= 0.6 is 0 Å². The van der Waals surface area contributed by atoms with Crippen molar-refractivity contribution >= 4 is 27.1 Å². The van der Waals surface area contributed by atoms with E-state index in [-0.39, 0.29) is 10.6 Å². The number of nitrogens with two attached hydrogens (primary N) is 1. The van der Waals surface area contributed by atoms with E-state index in [1.165, 1.54) is 12.1 Å². The molecule has 0 saturated carbocycles. The lowest BCUT2D eigenvalue weighted by atomic mass is 10.1. The summed E-state index contributed by atoms with van der Waals surface area (Å²) in [5.41, 5.74) is 3.43. The number of ether oxygens (including phenoxy) is 2. The summed E-state index contributed by atoms with van der Waals surface area (Å²) in [4.78, 5) is 10.2. The van der Waals surface area contributed by atoms with Crippen LogP contribution in [0, 0.1) is 10.1 Å². The molecule has 3 N–H and O–H groups in total. The van der Waals surface area contributed by atoms with Crippen molar-refractivity contribution < 1.29 is 22.8 Å². The van der Waals surface area contributed by atoms with Crippen LogP contribution in [0.15, 0.2) is 46.4 Å². The number of sulfonamides is 1. The third-order valence-electron chi connectivity index (χ3n) is 3.80. The summed E-state index contributed by atoms with van der Waals surface area (Å²) in [5.74, 6) is 1.23. The van der Waals surface area contributed by atoms with Gasteiger partial charge in [-0.3, -0.25) is 15.5 Å². The quantitative estimate of drug-likeness (QED) is 0.448. The molecule has 0 radical (unpaired) electrons. The number of nitro benzene ring substituents is 1. The molecule has 1 aliphatic rings. The maximum absolute atomic E-state index is 11.4. The van der Waals surface area contributed by atoms with E-state index in [1.54, 1.807) is 25.1 Å². The third kappa shape index (κ3) is 4.15. The molecule has 3 rings (SSSR count). The molecule has 27 heavy (non-hydrogen) atoms. The van der Waals surface area contributed by atoms with Crippen molar-refractivity contribution in [2.45, 2.75) is 11.8 Å². The molecule has 0 saturated heterocycles. The van der Waals surface area contributed by atoms with E-state index in [1.807, 2.05) is 0 Å². The minimum atomic E-state index is -4.05. The predicted octanol–water partition coefficient (Wildman–Crippen LogP) is 1.85. The minimum Gasteiger partial charge on any atom is -0.486 e. The average Bonchev–Trinajstić information content (AvgIpc) is 2.64. The van der Waals surface area contributed by atoms with Gasteiger partial charge in [0.2, 0.25) is 10.0 Å². The van der Waals surface area contributed by atoms with E-state index in [4.69, 9.17) is 14.6 Å². The zero-order chi connectivity index (χ0) is 19.6. The number of hydrogen-bond acceptors (Lipinski definition) is 8. The SMILES string of the molecule is C/C(=N/Nc1ccc(S(N)(=O)=O)cc1[N+](=O)[O-])c1ccc2c(c1)OCCO2. The summed E-state index contributed by atoms with van der Waals surface area (Å²) < 4.78 is 33.7. The number of nitro groups is 1. The molecule has 0 bridgehead atoms. The second-order valence-electron chi connectivity index (χ2n) is 5.65. The van der Waals surface area contributed by atoms with E-state index < -0.39 is 20.6 Å². The number of anilines is 1. The fourth-order valence-electron chi connectivity index (χ4n) is 2.41. The Morgan fingerprint density at radius 3 is 2.56 bits per heavy atom. The van der Waals surface area contributed by atoms with Crippen molar-refractivity contribution in [2.24, 2.45) is 10.2 Å². The second kappa shape index (κ2) is 7.21. The summed E-state index contributed by atoms with van der Waals surface area (Å²) in [5, 5.41) is 20.4. The van der Waals surface area contributed by atoms with Gasteiger partial charge < -0.3 is 9.47 Å². The van der Waals surface area contributed by atoms with Gasteiger partial charge in [0.05, 0.1) is 15.5 Å². The highest BCUT2D eigenvalue weighted by Gasteiger charge is 2.19. The predicted molar refractivity (Wildman–Crippen MR) is 97.7 cm³/mol. The second-order valence-corrected chi connectivity index (χ2v) is 7.21. The minimum absolute atomic E-state index is 0.0318. The highest BCUT2D eigenvalue weighted by atomic mass is 32.2. The number of primary sulfonamides is 1. The molecular formula is C16H16N4O6S. The number of benzene rings is 2. The Kier molecular flexibility index (Phi) is 4.97. The standard InChI is InChI=1S/C16H16N4O6S/c1-10(11-2-5-15-16(8-11)26-7-6-25-15)18-19-13-4-3-12(27(17,23)24)9-14(13)20(21)22/h2-5,8-9,19H,6-7H2,1H3,(H2,17,23,24)/b18-10-. The molecule has 1 heterocycles. The number of rotatable bonds is 5. The summed E-state index contributed by atoms with van der Waals surface area (Å²) >= 11 is 0. The molecule has 0 spiro atoms. The summed E-state index contributed by atoms with van der Waals surface area (Å²) in [6, 6.07) is 8.58. The van der Waals surface area contributed by atoms with Gasteiger partial charge in [-0.25, -0.2) is 13.6 Å². The van der Waals surface area contributed by atoms with Gasteiger partial charge in [-0.1, -0.05) is 0 Å². The van der Waals surface area contributed by atoms with Gasteiger partial charge in [0.15, 0.2) is 11.5 Å². The summed E-state index contributed by atoms with van der Waals surface area (Å²) in [6.45, 7) is 2.65. The maximum atomic E-state index is 11.4. The van der Waals surface area contributed by atoms with Crippen LogP contribution in [0.3, 0.4) is 0 Å². The lowest BCUT2D eigenvalue weighted by Crippen LogP contribution is -2.15. The van der Waals surface area contributed by atoms with Gasteiger partial charge in [0.1, 0.15) is 18.9 Å². The molecule has 0 aliphatic carbocycles. The molecule has 11 heteroatoms. The van der Waals surface area contributed by atoms with Gasteiger partial charge >= 0.3 is 0 Å². The monoisotopic (exact) mass is 392 g/mol. The number of fused-ring (bicyclic) bond motifs is 1. The molecule has 0 fully saturated rings. The van der Waals surface area contributed by atoms with Crippen LogP contribution in [0.4, 0.5) is 11.4 Å². The van der Waals surface area contributed by atoms with Crippen molar-refractivity contribution in [3.05, 3.63) is 52.1 Å². The largest absolute Gasteiger partial charge is 0.486 e. The van der Waals surface area contributed by atoms with Gasteiger partial charge in [-0.2, -0.15) is 5.10 Å². The average molecular weight is 392 g/mol. The Morgan fingerprint density at radius 2 is 1.89 bits per heavy atom. The fourth-order valence-corrected chi connectivity index (χ4v) is 2.94. The molecule has 0 unspecified atom stereocenters. The van der Waals surface area contributed by atoms with Gasteiger partial charge in [-0.05, 0) is 37.3 Å². The fraction of sp³-hybridized carbons (Fsp3) is 0.188. The Bertz CT molecular complexity index is 1040. The molecule has 1 aliphatic heterocycles. The zero-order valence-corrected chi connectivity index (χ0v) is 15.0. The number of nitrogens with zero attached hydrogens (tertiary/aromatic N) is 2. The van der Waals surface area contributed by atoms with Crippen molar-refractivity contribution in [1.82, 2.24) is 0 Å². The maximum Gasteiger partial charge on any atom is 0.295 e. The van der Waals surface area contributed by atoms with Crippen LogP contribution in [0.25, 0.3) is 0 Å². The van der Waals surface area contributed by atoms with Crippen molar-refractivity contribution in [3.63, 3.8) is 0 Å². The van der Waals surface area contributed by atoms with Crippen LogP contribution < -0.4 is 20.0 Å². The lowest BCUT2D eigenvalue weighted by molar-refractivity contribution is -0.384. The Hall–Kier alpha value is -3.18. The summed E-state index contributed by atoms with van der Waals surface area (Å²) in [6.07, 6.45) is 0. The first-order valence-corrected chi connectivity index (χ1v) is 9.32. The molecule has 2 aromatic rings. The van der Waals surface area contributed by atoms with Crippen molar-refractivity contribution in [3.8, 4) is 11.5 Å². The molecule has 2 aromatic carbocycles. The van der Waals surface area contributed by atoms with Gasteiger partial charge in [-0.15, -0.1) is 0 Å². The van der Waals surface area contributed by atoms with E-state index in [2.05, 4.69) is 10.5 Å². The molecule has 0 amide bonds. The number of nitrogens with one attached hydrogen (secondary N) is 1. The van der Waals surface area contributed by atoms with E-state index in [0.717, 1.165) is 11.6 Å². The van der Waals surface area contributed by atoms with E-state index >= 15 is 0 Å². The normalized spacial score (nSPS) is 13.9. The number of hydrogen-bond donors (Lipinski definition) is 2. The third-order valence-corrected chi connectivity index (χ3v) is 4.71. The molecule has 0 aromatic heterocycles. The Balaban J connectivity index is 1.87. The van der Waals surface area contributed by atoms with Crippen LogP contribution in [-0.4, -0.2) is 32.3 Å². The van der Waals surface area contributed by atoms with Gasteiger partial charge in [0.25, 0.3) is 5.69 Å². The first-order chi connectivity index (χ1) is 12.8. The van der Waals surface area contributed by atoms with Crippen molar-refractivity contribution in [1.29, 1.82) is 0 Å². The topological polar surface area (TPSA) is 146 Å².